The summed E-state index contributed by atoms with van der Waals surface area (Å²) in [6.45, 7) is 1.90. The SMILES string of the molecule is CC(=O)NCC1Cc2ccc(F)c(-c3ccccc3)c2O1. The molecule has 0 fully saturated rings. The standard InChI is InChI=1S/C17H16FNO2/c1-11(20)19-10-14-9-13-7-8-15(18)16(17(13)21-14)12-5-3-2-4-6-12/h2-8,14H,9-10H2,1H3,(H,19,20). The molecule has 0 saturated carbocycles. The van der Waals surface area contributed by atoms with Crippen LogP contribution in [-0.2, 0) is 11.2 Å². The highest BCUT2D eigenvalue weighted by molar-refractivity contribution is 5.74. The van der Waals surface area contributed by atoms with E-state index >= 15 is 0 Å². The van der Waals surface area contributed by atoms with E-state index in [2.05, 4.69) is 5.32 Å². The first-order valence-electron chi connectivity index (χ1n) is 6.93. The number of carbonyl (C=O) groups is 1. The molecule has 1 amide bonds. The van der Waals surface area contributed by atoms with Crippen LogP contribution in [0.25, 0.3) is 11.1 Å². The van der Waals surface area contributed by atoms with E-state index in [4.69, 9.17) is 4.74 Å². The number of rotatable bonds is 3. The van der Waals surface area contributed by atoms with Gasteiger partial charge in [-0.1, -0.05) is 36.4 Å². The van der Waals surface area contributed by atoms with Gasteiger partial charge in [0.15, 0.2) is 0 Å². The smallest absolute Gasteiger partial charge is 0.217 e. The highest BCUT2D eigenvalue weighted by atomic mass is 19.1. The predicted octanol–water partition coefficient (Wildman–Crippen LogP) is 2.93. The lowest BCUT2D eigenvalue weighted by molar-refractivity contribution is -0.119. The Hall–Kier alpha value is -2.36. The molecule has 0 saturated heterocycles. The Kier molecular flexibility index (Phi) is 3.60. The van der Waals surface area contributed by atoms with Crippen molar-refractivity contribution in [3.8, 4) is 16.9 Å². The second kappa shape index (κ2) is 5.56. The first-order chi connectivity index (χ1) is 10.1. The maximum Gasteiger partial charge on any atom is 0.217 e. The number of hydrogen-bond donors (Lipinski definition) is 1. The van der Waals surface area contributed by atoms with Crippen LogP contribution in [0.5, 0.6) is 5.75 Å². The molecule has 1 N–H and O–H groups in total. The molecule has 108 valence electrons. The second-order valence-corrected chi connectivity index (χ2v) is 5.16. The van der Waals surface area contributed by atoms with E-state index in [0.717, 1.165) is 11.1 Å². The first kappa shape index (κ1) is 13.6. The number of amides is 1. The van der Waals surface area contributed by atoms with E-state index in [9.17, 15) is 9.18 Å². The molecule has 21 heavy (non-hydrogen) atoms. The Morgan fingerprint density at radius 3 is 2.76 bits per heavy atom. The molecular formula is C17H16FNO2. The summed E-state index contributed by atoms with van der Waals surface area (Å²) < 4.78 is 20.1. The third-order valence-corrected chi connectivity index (χ3v) is 3.56. The minimum atomic E-state index is -0.292. The van der Waals surface area contributed by atoms with Gasteiger partial charge in [-0.2, -0.15) is 0 Å². The zero-order chi connectivity index (χ0) is 14.8. The summed E-state index contributed by atoms with van der Waals surface area (Å²) in [5.74, 6) is 0.209. The fourth-order valence-electron chi connectivity index (χ4n) is 2.60. The topological polar surface area (TPSA) is 38.3 Å². The van der Waals surface area contributed by atoms with Crippen molar-refractivity contribution in [2.45, 2.75) is 19.4 Å². The Balaban J connectivity index is 1.92. The van der Waals surface area contributed by atoms with E-state index in [1.165, 1.54) is 13.0 Å². The fourth-order valence-corrected chi connectivity index (χ4v) is 2.60. The minimum absolute atomic E-state index is 0.0935. The van der Waals surface area contributed by atoms with Gasteiger partial charge in [-0.3, -0.25) is 4.79 Å². The summed E-state index contributed by atoms with van der Waals surface area (Å²) in [7, 11) is 0. The molecule has 2 aromatic carbocycles. The summed E-state index contributed by atoms with van der Waals surface area (Å²) in [5, 5.41) is 2.74. The van der Waals surface area contributed by atoms with Gasteiger partial charge in [0, 0.05) is 13.3 Å². The number of nitrogens with one attached hydrogen (secondary N) is 1. The maximum absolute atomic E-state index is 14.2. The van der Waals surface area contributed by atoms with Crippen molar-refractivity contribution >= 4 is 5.91 Å². The van der Waals surface area contributed by atoms with Crippen LogP contribution in [0.3, 0.4) is 0 Å². The summed E-state index contributed by atoms with van der Waals surface area (Å²) in [4.78, 5) is 11.0. The molecular weight excluding hydrogens is 269 g/mol. The van der Waals surface area contributed by atoms with Gasteiger partial charge in [0.05, 0.1) is 12.1 Å². The van der Waals surface area contributed by atoms with Gasteiger partial charge in [0.25, 0.3) is 0 Å². The van der Waals surface area contributed by atoms with Crippen LogP contribution in [-0.4, -0.2) is 18.6 Å². The minimum Gasteiger partial charge on any atom is -0.487 e. The van der Waals surface area contributed by atoms with Crippen LogP contribution in [0, 0.1) is 5.82 Å². The van der Waals surface area contributed by atoms with Gasteiger partial charge >= 0.3 is 0 Å². The van der Waals surface area contributed by atoms with Gasteiger partial charge in [-0.25, -0.2) is 4.39 Å². The number of carbonyl (C=O) groups excluding carboxylic acids is 1. The van der Waals surface area contributed by atoms with Crippen LogP contribution in [0.15, 0.2) is 42.5 Å². The van der Waals surface area contributed by atoms with Crippen molar-refractivity contribution in [2.24, 2.45) is 0 Å². The molecule has 1 atom stereocenters. The Bertz CT molecular complexity index is 670. The number of ether oxygens (including phenoxy) is 1. The molecule has 0 bridgehead atoms. The van der Waals surface area contributed by atoms with Crippen molar-refractivity contribution < 1.29 is 13.9 Å². The van der Waals surface area contributed by atoms with Gasteiger partial charge in [0.1, 0.15) is 17.7 Å². The fraction of sp³-hybridized carbons (Fsp3) is 0.235. The molecule has 1 aliphatic rings. The van der Waals surface area contributed by atoms with E-state index in [1.54, 1.807) is 6.07 Å². The predicted molar refractivity (Wildman–Crippen MR) is 78.6 cm³/mol. The Morgan fingerprint density at radius 1 is 1.29 bits per heavy atom. The molecule has 3 rings (SSSR count). The van der Waals surface area contributed by atoms with E-state index in [0.29, 0.717) is 24.3 Å². The summed E-state index contributed by atoms with van der Waals surface area (Å²) in [6.07, 6.45) is 0.531. The summed E-state index contributed by atoms with van der Waals surface area (Å²) in [5.41, 5.74) is 2.27. The lowest BCUT2D eigenvalue weighted by Crippen LogP contribution is -2.32. The molecule has 1 heterocycles. The van der Waals surface area contributed by atoms with Crippen LogP contribution in [0.1, 0.15) is 12.5 Å². The van der Waals surface area contributed by atoms with Crippen molar-refractivity contribution in [1.29, 1.82) is 0 Å². The van der Waals surface area contributed by atoms with Crippen LogP contribution < -0.4 is 10.1 Å². The van der Waals surface area contributed by atoms with E-state index < -0.39 is 0 Å². The summed E-state index contributed by atoms with van der Waals surface area (Å²) >= 11 is 0. The number of halogens is 1. The zero-order valence-corrected chi connectivity index (χ0v) is 11.7. The highest BCUT2D eigenvalue weighted by Crippen LogP contribution is 2.40. The Labute approximate surface area is 122 Å². The number of hydrogen-bond acceptors (Lipinski definition) is 2. The zero-order valence-electron chi connectivity index (χ0n) is 11.7. The molecule has 0 aliphatic carbocycles. The average Bonchev–Trinajstić information content (AvgIpc) is 2.89. The van der Waals surface area contributed by atoms with Gasteiger partial charge in [-0.15, -0.1) is 0 Å². The molecule has 1 aliphatic heterocycles. The molecule has 2 aromatic rings. The summed E-state index contributed by atoms with van der Waals surface area (Å²) in [6, 6.07) is 12.6. The normalized spacial score (nSPS) is 16.2. The molecule has 1 unspecified atom stereocenters. The maximum atomic E-state index is 14.2. The van der Waals surface area contributed by atoms with Crippen molar-refractivity contribution in [3.05, 3.63) is 53.8 Å². The highest BCUT2D eigenvalue weighted by Gasteiger charge is 2.27. The molecule has 4 heteroatoms. The monoisotopic (exact) mass is 285 g/mol. The quantitative estimate of drug-likeness (QED) is 0.941. The van der Waals surface area contributed by atoms with Gasteiger partial charge < -0.3 is 10.1 Å². The molecule has 0 radical (unpaired) electrons. The van der Waals surface area contributed by atoms with E-state index in [-0.39, 0.29) is 17.8 Å². The Morgan fingerprint density at radius 2 is 2.05 bits per heavy atom. The van der Waals surface area contributed by atoms with Gasteiger partial charge in [-0.05, 0) is 17.2 Å². The van der Waals surface area contributed by atoms with E-state index in [1.807, 2.05) is 30.3 Å². The molecule has 3 nitrogen and oxygen atoms in total. The number of fused-ring (bicyclic) bond motifs is 1. The largest absolute Gasteiger partial charge is 0.487 e. The van der Waals surface area contributed by atoms with Crippen LogP contribution in [0.2, 0.25) is 0 Å². The van der Waals surface area contributed by atoms with Gasteiger partial charge in [0.2, 0.25) is 5.91 Å². The third-order valence-electron chi connectivity index (χ3n) is 3.56. The first-order valence-corrected chi connectivity index (χ1v) is 6.93. The average molecular weight is 285 g/mol. The second-order valence-electron chi connectivity index (χ2n) is 5.16. The molecule has 0 spiro atoms. The lowest BCUT2D eigenvalue weighted by atomic mass is 10.00. The molecule has 0 aromatic heterocycles. The van der Waals surface area contributed by atoms with Crippen LogP contribution in [0.4, 0.5) is 4.39 Å². The number of benzene rings is 2. The third kappa shape index (κ3) is 2.75. The van der Waals surface area contributed by atoms with Crippen molar-refractivity contribution in [1.82, 2.24) is 5.32 Å². The van der Waals surface area contributed by atoms with Crippen molar-refractivity contribution in [3.63, 3.8) is 0 Å². The van der Waals surface area contributed by atoms with Crippen molar-refractivity contribution in [2.75, 3.05) is 6.54 Å². The van der Waals surface area contributed by atoms with Crippen LogP contribution >= 0.6 is 0 Å². The lowest BCUT2D eigenvalue weighted by Gasteiger charge is -2.13.